The van der Waals surface area contributed by atoms with Gasteiger partial charge in [-0.15, -0.1) is 0 Å². The summed E-state index contributed by atoms with van der Waals surface area (Å²) in [5, 5.41) is 3.26. The number of hydrogen-bond donors (Lipinski definition) is 1. The number of nitrogens with one attached hydrogen (secondary N) is 1. The van der Waals surface area contributed by atoms with Crippen molar-refractivity contribution in [2.75, 3.05) is 38.1 Å². The summed E-state index contributed by atoms with van der Waals surface area (Å²) in [6.07, 6.45) is 3.78. The average molecular weight is 249 g/mol. The van der Waals surface area contributed by atoms with E-state index in [1.165, 1.54) is 0 Å². The van der Waals surface area contributed by atoms with Crippen LogP contribution in [0.25, 0.3) is 0 Å². The molecule has 0 amide bonds. The van der Waals surface area contributed by atoms with Crippen molar-refractivity contribution in [3.05, 3.63) is 18.1 Å². The van der Waals surface area contributed by atoms with Gasteiger partial charge in [-0.05, 0) is 20.5 Å². The molecule has 2 rings (SSSR count). The Labute approximate surface area is 109 Å². The van der Waals surface area contributed by atoms with Crippen LogP contribution < -0.4 is 10.2 Å². The summed E-state index contributed by atoms with van der Waals surface area (Å²) in [7, 11) is 2.17. The van der Waals surface area contributed by atoms with Crippen molar-refractivity contribution in [3.8, 4) is 0 Å². The summed E-state index contributed by atoms with van der Waals surface area (Å²) in [5.74, 6) is 0.996. The van der Waals surface area contributed by atoms with Crippen molar-refractivity contribution >= 4 is 5.82 Å². The quantitative estimate of drug-likeness (QED) is 0.852. The van der Waals surface area contributed by atoms with E-state index in [9.17, 15) is 0 Å². The van der Waals surface area contributed by atoms with E-state index >= 15 is 0 Å². The number of likely N-dealkylation sites (N-methyl/N-ethyl adjacent to an activating group) is 1. The minimum atomic E-state index is 0.498. The Balaban J connectivity index is 2.00. The zero-order valence-corrected chi connectivity index (χ0v) is 11.6. The maximum Gasteiger partial charge on any atom is 0.147 e. The highest BCUT2D eigenvalue weighted by atomic mass is 15.3. The third-order valence-corrected chi connectivity index (χ3v) is 3.37. The topological polar surface area (TPSA) is 44.3 Å². The van der Waals surface area contributed by atoms with Crippen LogP contribution in [0.4, 0.5) is 5.82 Å². The molecular formula is C13H23N5. The summed E-state index contributed by atoms with van der Waals surface area (Å²) in [6.45, 7) is 9.28. The van der Waals surface area contributed by atoms with Gasteiger partial charge in [0, 0.05) is 32.2 Å². The second-order valence-electron chi connectivity index (χ2n) is 4.95. The molecule has 0 spiro atoms. The Bertz CT molecular complexity index is 364. The molecule has 2 heterocycles. The molecule has 0 aromatic carbocycles. The number of rotatable bonds is 4. The first-order valence-electron chi connectivity index (χ1n) is 6.67. The zero-order valence-electron chi connectivity index (χ0n) is 11.6. The van der Waals surface area contributed by atoms with Gasteiger partial charge >= 0.3 is 0 Å². The molecule has 0 saturated carbocycles. The zero-order chi connectivity index (χ0) is 13.0. The fourth-order valence-corrected chi connectivity index (χ4v) is 2.32. The lowest BCUT2D eigenvalue weighted by Gasteiger charge is -2.38. The van der Waals surface area contributed by atoms with E-state index in [4.69, 9.17) is 0 Å². The maximum absolute atomic E-state index is 4.54. The van der Waals surface area contributed by atoms with Crippen molar-refractivity contribution in [3.63, 3.8) is 0 Å². The van der Waals surface area contributed by atoms with E-state index in [2.05, 4.69) is 46.0 Å². The molecule has 5 heteroatoms. The van der Waals surface area contributed by atoms with Gasteiger partial charge in [-0.2, -0.15) is 0 Å². The van der Waals surface area contributed by atoms with Crippen LogP contribution in [0.2, 0.25) is 0 Å². The minimum Gasteiger partial charge on any atom is -0.350 e. The third kappa shape index (κ3) is 3.17. The molecule has 1 aliphatic heterocycles. The van der Waals surface area contributed by atoms with Crippen LogP contribution in [0.15, 0.2) is 12.4 Å². The Morgan fingerprint density at radius 1 is 1.33 bits per heavy atom. The number of piperazine rings is 1. The Morgan fingerprint density at radius 3 is 2.78 bits per heavy atom. The highest BCUT2D eigenvalue weighted by Crippen LogP contribution is 2.16. The van der Waals surface area contributed by atoms with Crippen LogP contribution in [0.3, 0.4) is 0 Å². The lowest BCUT2D eigenvalue weighted by Crippen LogP contribution is -2.50. The molecule has 18 heavy (non-hydrogen) atoms. The van der Waals surface area contributed by atoms with Crippen molar-refractivity contribution in [1.29, 1.82) is 0 Å². The van der Waals surface area contributed by atoms with Crippen molar-refractivity contribution in [1.82, 2.24) is 20.2 Å². The number of nitrogens with zero attached hydrogens (tertiary/aromatic N) is 4. The summed E-state index contributed by atoms with van der Waals surface area (Å²) in [4.78, 5) is 13.7. The first-order valence-corrected chi connectivity index (χ1v) is 6.67. The van der Waals surface area contributed by atoms with Gasteiger partial charge < -0.3 is 15.1 Å². The summed E-state index contributed by atoms with van der Waals surface area (Å²) < 4.78 is 0. The predicted molar refractivity (Wildman–Crippen MR) is 73.7 cm³/mol. The molecule has 1 atom stereocenters. The standard InChI is InChI=1S/C13H23N5/c1-4-14-7-12-8-16-13(9-15-12)18-6-5-17(3)10-11(18)2/h8-9,11,14H,4-7,10H2,1-3H3. The van der Waals surface area contributed by atoms with Gasteiger partial charge in [0.15, 0.2) is 0 Å². The Hall–Kier alpha value is -1.20. The van der Waals surface area contributed by atoms with Gasteiger partial charge in [0.25, 0.3) is 0 Å². The molecule has 5 nitrogen and oxygen atoms in total. The number of anilines is 1. The van der Waals surface area contributed by atoms with Crippen LogP contribution in [0, 0.1) is 0 Å². The summed E-state index contributed by atoms with van der Waals surface area (Å²) in [5.41, 5.74) is 1.00. The van der Waals surface area contributed by atoms with Gasteiger partial charge in [-0.25, -0.2) is 4.98 Å². The molecule has 0 bridgehead atoms. The lowest BCUT2D eigenvalue weighted by atomic mass is 10.2. The van der Waals surface area contributed by atoms with E-state index in [1.54, 1.807) is 0 Å². The summed E-state index contributed by atoms with van der Waals surface area (Å²) in [6, 6.07) is 0.498. The monoisotopic (exact) mass is 249 g/mol. The third-order valence-electron chi connectivity index (χ3n) is 3.37. The van der Waals surface area contributed by atoms with Crippen LogP contribution in [0.1, 0.15) is 19.5 Å². The van der Waals surface area contributed by atoms with E-state index in [1.807, 2.05) is 12.4 Å². The van der Waals surface area contributed by atoms with Crippen molar-refractivity contribution < 1.29 is 0 Å². The second-order valence-corrected chi connectivity index (χ2v) is 4.95. The molecule has 1 unspecified atom stereocenters. The molecule has 1 saturated heterocycles. The molecule has 1 aromatic rings. The first-order chi connectivity index (χ1) is 8.70. The predicted octanol–water partition coefficient (Wildman–Crippen LogP) is 0.726. The largest absolute Gasteiger partial charge is 0.350 e. The molecule has 1 fully saturated rings. The smallest absolute Gasteiger partial charge is 0.147 e. The SMILES string of the molecule is CCNCc1cnc(N2CCN(C)CC2C)cn1. The average Bonchev–Trinajstić information content (AvgIpc) is 2.37. The van der Waals surface area contributed by atoms with E-state index in [0.29, 0.717) is 6.04 Å². The highest BCUT2D eigenvalue weighted by molar-refractivity contribution is 5.38. The van der Waals surface area contributed by atoms with Crippen molar-refractivity contribution in [2.24, 2.45) is 0 Å². The molecule has 0 radical (unpaired) electrons. The molecule has 1 N–H and O–H groups in total. The normalized spacial score (nSPS) is 21.3. The molecule has 1 aliphatic rings. The summed E-state index contributed by atoms with van der Waals surface area (Å²) >= 11 is 0. The minimum absolute atomic E-state index is 0.498. The van der Waals surface area contributed by atoms with Crippen LogP contribution in [-0.2, 0) is 6.54 Å². The van der Waals surface area contributed by atoms with Crippen molar-refractivity contribution in [2.45, 2.75) is 26.4 Å². The van der Waals surface area contributed by atoms with Crippen LogP contribution in [0.5, 0.6) is 0 Å². The maximum atomic E-state index is 4.54. The molecular weight excluding hydrogens is 226 g/mol. The highest BCUT2D eigenvalue weighted by Gasteiger charge is 2.22. The first kappa shape index (κ1) is 13.2. The Kier molecular flexibility index (Phi) is 4.49. The van der Waals surface area contributed by atoms with E-state index in [-0.39, 0.29) is 0 Å². The van der Waals surface area contributed by atoms with Gasteiger partial charge in [-0.3, -0.25) is 4.98 Å². The van der Waals surface area contributed by atoms with Gasteiger partial charge in [0.05, 0.1) is 18.1 Å². The van der Waals surface area contributed by atoms with E-state index in [0.717, 1.165) is 44.2 Å². The molecule has 0 aliphatic carbocycles. The second kappa shape index (κ2) is 6.11. The van der Waals surface area contributed by atoms with Crippen LogP contribution in [-0.4, -0.2) is 54.1 Å². The number of aromatic nitrogens is 2. The molecule has 100 valence electrons. The Morgan fingerprint density at radius 2 is 2.17 bits per heavy atom. The number of hydrogen-bond acceptors (Lipinski definition) is 5. The van der Waals surface area contributed by atoms with Gasteiger partial charge in [-0.1, -0.05) is 6.92 Å². The van der Waals surface area contributed by atoms with E-state index < -0.39 is 0 Å². The van der Waals surface area contributed by atoms with Gasteiger partial charge in [0.1, 0.15) is 5.82 Å². The van der Waals surface area contributed by atoms with Gasteiger partial charge in [0.2, 0.25) is 0 Å². The fraction of sp³-hybridized carbons (Fsp3) is 0.692. The fourth-order valence-electron chi connectivity index (χ4n) is 2.32. The molecule has 1 aromatic heterocycles. The van der Waals surface area contributed by atoms with Crippen LogP contribution >= 0.6 is 0 Å². The lowest BCUT2D eigenvalue weighted by molar-refractivity contribution is 0.274.